The van der Waals surface area contributed by atoms with Gasteiger partial charge in [0.1, 0.15) is 0 Å². The van der Waals surface area contributed by atoms with E-state index in [9.17, 15) is 0 Å². The number of anilines is 3. The fourth-order valence-corrected chi connectivity index (χ4v) is 12.7. The summed E-state index contributed by atoms with van der Waals surface area (Å²) < 4.78 is 0. The maximum Gasteiger partial charge on any atom is 0.0502 e. The molecule has 1 heteroatoms. The second-order valence-electron chi connectivity index (χ2n) is 19.1. The lowest BCUT2D eigenvalue weighted by Crippen LogP contribution is -2.21. The second-order valence-corrected chi connectivity index (χ2v) is 19.1. The molecule has 312 valence electrons. The van der Waals surface area contributed by atoms with E-state index in [0.29, 0.717) is 17.8 Å². The maximum atomic E-state index is 2.60. The third kappa shape index (κ3) is 6.35. The van der Waals surface area contributed by atoms with Crippen LogP contribution in [0.5, 0.6) is 0 Å². The summed E-state index contributed by atoms with van der Waals surface area (Å²) in [6.45, 7) is 2.26. The molecule has 2 saturated carbocycles. The molecule has 13 rings (SSSR count). The molecule has 9 aromatic carbocycles. The molecule has 4 aliphatic carbocycles. The third-order valence-electron chi connectivity index (χ3n) is 15.6. The van der Waals surface area contributed by atoms with E-state index in [1.54, 1.807) is 5.56 Å². The Hall–Kier alpha value is -7.22. The van der Waals surface area contributed by atoms with E-state index in [0.717, 1.165) is 12.3 Å². The average molecular weight is 834 g/mol. The molecular weight excluding hydrogens is 783 g/mol. The predicted molar refractivity (Wildman–Crippen MR) is 273 cm³/mol. The lowest BCUT2D eigenvalue weighted by atomic mass is 9.70. The first kappa shape index (κ1) is 38.3. The smallest absolute Gasteiger partial charge is 0.0502 e. The van der Waals surface area contributed by atoms with Gasteiger partial charge in [0, 0.05) is 11.4 Å². The van der Waals surface area contributed by atoms with Gasteiger partial charge < -0.3 is 4.90 Å². The number of hydrogen-bond acceptors (Lipinski definition) is 1. The van der Waals surface area contributed by atoms with E-state index in [-0.39, 0.29) is 0 Å². The summed E-state index contributed by atoms with van der Waals surface area (Å²) in [6.07, 6.45) is 6.25. The van der Waals surface area contributed by atoms with Crippen molar-refractivity contribution >= 4 is 17.1 Å². The van der Waals surface area contributed by atoms with Crippen LogP contribution in [0.3, 0.4) is 0 Å². The molecule has 9 aromatic rings. The Labute approximate surface area is 383 Å². The van der Waals surface area contributed by atoms with Crippen molar-refractivity contribution in [2.45, 2.75) is 50.9 Å². The van der Waals surface area contributed by atoms with Crippen molar-refractivity contribution in [2.75, 3.05) is 4.90 Å². The van der Waals surface area contributed by atoms with Gasteiger partial charge >= 0.3 is 0 Å². The van der Waals surface area contributed by atoms with Gasteiger partial charge in [-0.15, -0.1) is 0 Å². The van der Waals surface area contributed by atoms with Gasteiger partial charge in [-0.3, -0.25) is 0 Å². The third-order valence-corrected chi connectivity index (χ3v) is 15.6. The Morgan fingerprint density at radius 2 is 0.954 bits per heavy atom. The minimum atomic E-state index is 0.535. The van der Waals surface area contributed by atoms with Gasteiger partial charge in [0.05, 0.1) is 5.69 Å². The number of hydrogen-bond donors (Lipinski definition) is 0. The highest BCUT2D eigenvalue weighted by molar-refractivity contribution is 6.05. The summed E-state index contributed by atoms with van der Waals surface area (Å²) in [4.78, 5) is 2.60. The van der Waals surface area contributed by atoms with Crippen LogP contribution in [0, 0.1) is 11.8 Å². The van der Waals surface area contributed by atoms with E-state index in [1.165, 1.54) is 132 Å². The number of aryl methyl sites for hydroxylation is 1. The molecule has 0 radical (unpaired) electrons. The number of rotatable bonds is 6. The molecule has 3 bridgehead atoms. The number of benzene rings is 9. The molecule has 0 saturated heterocycles. The molecule has 0 spiro atoms. The largest absolute Gasteiger partial charge is 0.310 e. The molecule has 65 heavy (non-hydrogen) atoms. The Morgan fingerprint density at radius 1 is 0.385 bits per heavy atom. The first-order chi connectivity index (χ1) is 32.2. The molecule has 0 aromatic heterocycles. The maximum absolute atomic E-state index is 2.60. The van der Waals surface area contributed by atoms with Crippen LogP contribution in [0.4, 0.5) is 17.1 Å². The van der Waals surface area contributed by atoms with Crippen LogP contribution in [0.1, 0.15) is 61.1 Å². The van der Waals surface area contributed by atoms with Crippen molar-refractivity contribution < 1.29 is 0 Å². The monoisotopic (exact) mass is 833 g/mol. The van der Waals surface area contributed by atoms with Crippen molar-refractivity contribution in [3.8, 4) is 77.9 Å². The van der Waals surface area contributed by atoms with E-state index < -0.39 is 0 Å². The summed E-state index contributed by atoms with van der Waals surface area (Å²) in [5, 5.41) is 0. The van der Waals surface area contributed by atoms with Gasteiger partial charge in [0.2, 0.25) is 0 Å². The zero-order chi connectivity index (χ0) is 43.0. The molecule has 0 N–H and O–H groups in total. The topological polar surface area (TPSA) is 3.24 Å². The first-order valence-corrected chi connectivity index (χ1v) is 23.9. The summed E-state index contributed by atoms with van der Waals surface area (Å²) >= 11 is 0. The van der Waals surface area contributed by atoms with Crippen molar-refractivity contribution in [3.05, 3.63) is 223 Å². The van der Waals surface area contributed by atoms with Gasteiger partial charge in [0.15, 0.2) is 0 Å². The number of fused-ring (bicyclic) bond motifs is 15. The molecule has 0 heterocycles. The van der Waals surface area contributed by atoms with Crippen molar-refractivity contribution in [3.63, 3.8) is 0 Å². The van der Waals surface area contributed by atoms with E-state index in [1.807, 2.05) is 0 Å². The second kappa shape index (κ2) is 15.5. The van der Waals surface area contributed by atoms with Crippen LogP contribution < -0.4 is 4.90 Å². The summed E-state index contributed by atoms with van der Waals surface area (Å²) in [5.74, 6) is 2.68. The van der Waals surface area contributed by atoms with Crippen LogP contribution >= 0.6 is 0 Å². The highest BCUT2D eigenvalue weighted by atomic mass is 15.1. The predicted octanol–water partition coefficient (Wildman–Crippen LogP) is 17.7. The standard InChI is InChI=1S/C64H51N/c1-2-41-24-31-55-56-32-29-46(45-27-25-44(26-28-45)43-14-5-3-6-15-43)39-61(56)62-40-50(30-33-57(62)53-20-11-12-21-54(53)60(55)36-41)65(49-16-7-4-8-17-49)63-23-13-22-58-52-19-10-9-18-51(52)47-34-42-35-48(38-47)59(37-42)64(58)63/h3-33,36,39-40,42,47-48,59H,2,34-35,37-38H2,1H3. The SMILES string of the molecule is CCc1ccc2c(c1)-c1ccccc1-c1ccc(N(c3ccccc3)c3cccc4c3C3CC5CC(CC3C5)c3ccccc3-4)cc1-c1cc(-c3ccc(-c4ccccc4)cc3)ccc1-2. The molecule has 0 aliphatic heterocycles. The summed E-state index contributed by atoms with van der Waals surface area (Å²) in [5.41, 5.74) is 26.1. The summed E-state index contributed by atoms with van der Waals surface area (Å²) in [7, 11) is 0. The van der Waals surface area contributed by atoms with E-state index in [4.69, 9.17) is 0 Å². The van der Waals surface area contributed by atoms with Crippen LogP contribution in [-0.2, 0) is 6.42 Å². The Morgan fingerprint density at radius 3 is 1.72 bits per heavy atom. The van der Waals surface area contributed by atoms with Gasteiger partial charge in [-0.2, -0.15) is 0 Å². The van der Waals surface area contributed by atoms with Crippen molar-refractivity contribution in [1.29, 1.82) is 0 Å². The van der Waals surface area contributed by atoms with Crippen LogP contribution in [0.25, 0.3) is 77.9 Å². The molecule has 2 fully saturated rings. The molecule has 4 atom stereocenters. The minimum absolute atomic E-state index is 0.535. The van der Waals surface area contributed by atoms with Gasteiger partial charge in [-0.05, 0) is 187 Å². The lowest BCUT2D eigenvalue weighted by molar-refractivity contribution is 0.312. The van der Waals surface area contributed by atoms with Gasteiger partial charge in [0.25, 0.3) is 0 Å². The molecule has 4 aliphatic rings. The Kier molecular flexibility index (Phi) is 9.12. The van der Waals surface area contributed by atoms with Gasteiger partial charge in [-0.1, -0.05) is 177 Å². The van der Waals surface area contributed by atoms with Crippen LogP contribution in [0.15, 0.2) is 206 Å². The van der Waals surface area contributed by atoms with E-state index >= 15 is 0 Å². The Balaban J connectivity index is 1.05. The highest BCUT2D eigenvalue weighted by Gasteiger charge is 2.46. The van der Waals surface area contributed by atoms with Gasteiger partial charge in [-0.25, -0.2) is 0 Å². The Bertz CT molecular complexity index is 3270. The lowest BCUT2D eigenvalue weighted by Gasteiger charge is -2.37. The van der Waals surface area contributed by atoms with Crippen LogP contribution in [-0.4, -0.2) is 0 Å². The normalized spacial score (nSPS) is 18.4. The zero-order valence-electron chi connectivity index (χ0n) is 36.9. The zero-order valence-corrected chi connectivity index (χ0v) is 36.9. The quantitative estimate of drug-likeness (QED) is 0.161. The highest BCUT2D eigenvalue weighted by Crippen LogP contribution is 2.61. The first-order valence-electron chi connectivity index (χ1n) is 23.9. The molecule has 4 unspecified atom stereocenters. The average Bonchev–Trinajstić information content (AvgIpc) is 3.69. The number of para-hydroxylation sites is 1. The fraction of sp³-hybridized carbons (Fsp3) is 0.156. The van der Waals surface area contributed by atoms with Crippen LogP contribution in [0.2, 0.25) is 0 Å². The van der Waals surface area contributed by atoms with E-state index in [2.05, 4.69) is 218 Å². The van der Waals surface area contributed by atoms with Crippen molar-refractivity contribution in [1.82, 2.24) is 0 Å². The molecular formula is C64H51N. The number of nitrogens with zero attached hydrogens (tertiary/aromatic N) is 1. The molecule has 0 amide bonds. The minimum Gasteiger partial charge on any atom is -0.310 e. The molecule has 1 nitrogen and oxygen atoms in total. The van der Waals surface area contributed by atoms with Crippen molar-refractivity contribution in [2.24, 2.45) is 11.8 Å². The fourth-order valence-electron chi connectivity index (χ4n) is 12.7. The summed E-state index contributed by atoms with van der Waals surface area (Å²) in [6, 6.07) is 78.3.